The molecule has 0 fully saturated rings. The molecule has 0 unspecified atom stereocenters. The van der Waals surface area contributed by atoms with E-state index in [0.29, 0.717) is 5.75 Å². The van der Waals surface area contributed by atoms with Crippen molar-refractivity contribution in [2.75, 3.05) is 5.75 Å². The lowest BCUT2D eigenvalue weighted by molar-refractivity contribution is 0.467. The lowest BCUT2D eigenvalue weighted by Crippen LogP contribution is -1.87. The molecule has 3 heteroatoms. The maximum atomic E-state index is 9.40. The van der Waals surface area contributed by atoms with Crippen molar-refractivity contribution in [1.82, 2.24) is 0 Å². The van der Waals surface area contributed by atoms with Gasteiger partial charge in [0.05, 0.1) is 0 Å². The van der Waals surface area contributed by atoms with E-state index in [2.05, 4.69) is 0 Å². The third-order valence-corrected chi connectivity index (χ3v) is 2.37. The van der Waals surface area contributed by atoms with Crippen LogP contribution in [0.1, 0.15) is 12.0 Å². The number of aryl methyl sites for hydroxylation is 1. The molecular formula is C10H11NOS. The van der Waals surface area contributed by atoms with Crippen LogP contribution in [0.2, 0.25) is 0 Å². The molecule has 1 aromatic carbocycles. The van der Waals surface area contributed by atoms with Crippen LogP contribution in [0.25, 0.3) is 0 Å². The van der Waals surface area contributed by atoms with E-state index in [-0.39, 0.29) is 0 Å². The molecule has 2 nitrogen and oxygen atoms in total. The summed E-state index contributed by atoms with van der Waals surface area (Å²) in [5, 5.41) is 19.7. The Hall–Kier alpha value is -1.14. The van der Waals surface area contributed by atoms with Crippen molar-refractivity contribution in [3.8, 4) is 11.2 Å². The Morgan fingerprint density at radius 1 is 1.38 bits per heavy atom. The Kier molecular flexibility index (Phi) is 4.20. The Morgan fingerprint density at radius 2 is 2.15 bits per heavy atom. The minimum atomic E-state index is 0.351. The molecular weight excluding hydrogens is 182 g/mol. The van der Waals surface area contributed by atoms with Crippen LogP contribution in [-0.4, -0.2) is 10.9 Å². The van der Waals surface area contributed by atoms with E-state index in [9.17, 15) is 5.11 Å². The number of nitrogens with zero attached hydrogens (tertiary/aromatic N) is 1. The van der Waals surface area contributed by atoms with E-state index in [1.807, 2.05) is 23.6 Å². The quantitative estimate of drug-likeness (QED) is 0.590. The summed E-state index contributed by atoms with van der Waals surface area (Å²) in [6.07, 6.45) is 1.76. The lowest BCUT2D eigenvalue weighted by atomic mass is 10.1. The summed E-state index contributed by atoms with van der Waals surface area (Å²) in [4.78, 5) is 0. The molecule has 0 heterocycles. The van der Waals surface area contributed by atoms with Gasteiger partial charge < -0.3 is 5.11 Å². The fraction of sp³-hybridized carbons (Fsp3) is 0.300. The number of nitriles is 1. The van der Waals surface area contributed by atoms with Crippen molar-refractivity contribution in [2.24, 2.45) is 0 Å². The normalized spacial score (nSPS) is 9.46. The SMILES string of the molecule is N#CSCCCc1ccccc1O. The van der Waals surface area contributed by atoms with Gasteiger partial charge in [-0.15, -0.1) is 0 Å². The van der Waals surface area contributed by atoms with Crippen LogP contribution in [0.15, 0.2) is 24.3 Å². The van der Waals surface area contributed by atoms with Gasteiger partial charge in [0.2, 0.25) is 0 Å². The number of thiocyanates is 1. The summed E-state index contributed by atoms with van der Waals surface area (Å²) in [5.74, 6) is 1.18. The molecule has 0 aromatic heterocycles. The first-order chi connectivity index (χ1) is 6.34. The minimum absolute atomic E-state index is 0.351. The van der Waals surface area contributed by atoms with Crippen LogP contribution in [0.3, 0.4) is 0 Å². The summed E-state index contributed by atoms with van der Waals surface area (Å²) in [7, 11) is 0. The number of aromatic hydroxyl groups is 1. The standard InChI is InChI=1S/C10H11NOS/c11-8-13-7-3-5-9-4-1-2-6-10(9)12/h1-2,4,6,12H,3,5,7H2. The first-order valence-electron chi connectivity index (χ1n) is 4.12. The number of hydrogen-bond donors (Lipinski definition) is 1. The number of rotatable bonds is 4. The summed E-state index contributed by atoms with van der Waals surface area (Å²) in [6.45, 7) is 0. The number of phenols is 1. The Labute approximate surface area is 82.2 Å². The number of para-hydroxylation sites is 1. The zero-order chi connectivity index (χ0) is 9.52. The van der Waals surface area contributed by atoms with Gasteiger partial charge in [-0.25, -0.2) is 0 Å². The second-order valence-electron chi connectivity index (χ2n) is 2.67. The van der Waals surface area contributed by atoms with Crippen molar-refractivity contribution in [3.63, 3.8) is 0 Å². The summed E-state index contributed by atoms with van der Waals surface area (Å²) < 4.78 is 0. The molecule has 0 saturated carbocycles. The van der Waals surface area contributed by atoms with Crippen LogP contribution in [-0.2, 0) is 6.42 Å². The number of phenolic OH excluding ortho intramolecular Hbond substituents is 1. The van der Waals surface area contributed by atoms with Crippen molar-refractivity contribution in [3.05, 3.63) is 29.8 Å². The maximum Gasteiger partial charge on any atom is 0.133 e. The number of hydrogen-bond acceptors (Lipinski definition) is 3. The molecule has 1 N–H and O–H groups in total. The topological polar surface area (TPSA) is 44.0 Å². The van der Waals surface area contributed by atoms with Crippen LogP contribution in [0.4, 0.5) is 0 Å². The summed E-state index contributed by atoms with van der Waals surface area (Å²) in [6, 6.07) is 7.31. The average molecular weight is 193 g/mol. The smallest absolute Gasteiger partial charge is 0.133 e. The molecule has 0 aliphatic heterocycles. The van der Waals surface area contributed by atoms with Gasteiger partial charge in [0.25, 0.3) is 0 Å². The van der Waals surface area contributed by atoms with E-state index < -0.39 is 0 Å². The molecule has 1 rings (SSSR count). The zero-order valence-corrected chi connectivity index (χ0v) is 8.05. The van der Waals surface area contributed by atoms with Crippen LogP contribution in [0, 0.1) is 10.7 Å². The molecule has 13 heavy (non-hydrogen) atoms. The zero-order valence-electron chi connectivity index (χ0n) is 7.23. The molecule has 0 bridgehead atoms. The van der Waals surface area contributed by atoms with Gasteiger partial charge >= 0.3 is 0 Å². The van der Waals surface area contributed by atoms with Crippen LogP contribution in [0.5, 0.6) is 5.75 Å². The van der Waals surface area contributed by atoms with E-state index in [0.717, 1.165) is 24.2 Å². The largest absolute Gasteiger partial charge is 0.508 e. The van der Waals surface area contributed by atoms with E-state index in [4.69, 9.17) is 5.26 Å². The van der Waals surface area contributed by atoms with Gasteiger partial charge in [-0.05, 0) is 36.2 Å². The highest BCUT2D eigenvalue weighted by Gasteiger charge is 1.98. The van der Waals surface area contributed by atoms with Crippen molar-refractivity contribution >= 4 is 11.8 Å². The summed E-state index contributed by atoms with van der Waals surface area (Å²) in [5.41, 5.74) is 0.959. The average Bonchev–Trinajstić information content (AvgIpc) is 2.15. The van der Waals surface area contributed by atoms with Gasteiger partial charge in [0.1, 0.15) is 11.2 Å². The van der Waals surface area contributed by atoms with Gasteiger partial charge in [-0.3, -0.25) is 0 Å². The number of thioether (sulfide) groups is 1. The van der Waals surface area contributed by atoms with E-state index in [1.54, 1.807) is 6.07 Å². The van der Waals surface area contributed by atoms with Gasteiger partial charge in [0, 0.05) is 5.75 Å². The predicted octanol–water partition coefficient (Wildman–Crippen LogP) is 2.54. The van der Waals surface area contributed by atoms with Crippen molar-refractivity contribution in [1.29, 1.82) is 5.26 Å². The molecule has 1 aromatic rings. The maximum absolute atomic E-state index is 9.40. The Balaban J connectivity index is 2.37. The van der Waals surface area contributed by atoms with E-state index >= 15 is 0 Å². The summed E-state index contributed by atoms with van der Waals surface area (Å²) >= 11 is 1.26. The fourth-order valence-electron chi connectivity index (χ4n) is 1.10. The molecule has 0 radical (unpaired) electrons. The van der Waals surface area contributed by atoms with Gasteiger partial charge in [-0.1, -0.05) is 18.2 Å². The third-order valence-electron chi connectivity index (χ3n) is 1.75. The van der Waals surface area contributed by atoms with E-state index in [1.165, 1.54) is 11.8 Å². The predicted molar refractivity (Wildman–Crippen MR) is 54.5 cm³/mol. The van der Waals surface area contributed by atoms with Crippen molar-refractivity contribution < 1.29 is 5.11 Å². The van der Waals surface area contributed by atoms with Gasteiger partial charge in [0.15, 0.2) is 0 Å². The molecule has 0 atom stereocenters. The fourth-order valence-corrected chi connectivity index (χ4v) is 1.48. The van der Waals surface area contributed by atoms with Gasteiger partial charge in [-0.2, -0.15) is 5.26 Å². The second-order valence-corrected chi connectivity index (χ2v) is 3.55. The second kappa shape index (κ2) is 5.50. The van der Waals surface area contributed by atoms with Crippen molar-refractivity contribution in [2.45, 2.75) is 12.8 Å². The lowest BCUT2D eigenvalue weighted by Gasteiger charge is -2.01. The Bertz CT molecular complexity index is 306. The molecule has 68 valence electrons. The molecule has 0 saturated heterocycles. The highest BCUT2D eigenvalue weighted by Crippen LogP contribution is 2.17. The first-order valence-corrected chi connectivity index (χ1v) is 5.11. The monoisotopic (exact) mass is 193 g/mol. The first kappa shape index (κ1) is 9.94. The molecule has 0 amide bonds. The molecule has 0 spiro atoms. The molecule has 0 aliphatic carbocycles. The van der Waals surface area contributed by atoms with Crippen LogP contribution >= 0.6 is 11.8 Å². The highest BCUT2D eigenvalue weighted by atomic mass is 32.2. The Morgan fingerprint density at radius 3 is 2.85 bits per heavy atom. The minimum Gasteiger partial charge on any atom is -0.508 e. The third kappa shape index (κ3) is 3.39. The number of benzene rings is 1. The molecule has 0 aliphatic rings. The van der Waals surface area contributed by atoms with Crippen LogP contribution < -0.4 is 0 Å². The highest BCUT2D eigenvalue weighted by molar-refractivity contribution is 8.03.